The molecule has 0 N–H and O–H groups in total. The largest absolute Gasteiger partial charge is 0.264 e. The van der Waals surface area contributed by atoms with Gasteiger partial charge in [0.1, 0.15) is 0 Å². The van der Waals surface area contributed by atoms with Crippen molar-refractivity contribution in [1.82, 2.24) is 4.98 Å². The van der Waals surface area contributed by atoms with Crippen LogP contribution >= 0.6 is 0 Å². The van der Waals surface area contributed by atoms with Crippen LogP contribution in [0.4, 0.5) is 0 Å². The van der Waals surface area contributed by atoms with Gasteiger partial charge in [-0.05, 0) is 47.3 Å². The summed E-state index contributed by atoms with van der Waals surface area (Å²) in [6.45, 7) is 9.22. The van der Waals surface area contributed by atoms with Gasteiger partial charge in [-0.25, -0.2) is 0 Å². The van der Waals surface area contributed by atoms with Crippen LogP contribution < -0.4 is 0 Å². The zero-order valence-corrected chi connectivity index (χ0v) is 10.2. The first kappa shape index (κ1) is 10.7. The average molecular weight is 203 g/mol. The Hall–Kier alpha value is -0.850. The van der Waals surface area contributed by atoms with Gasteiger partial charge in [0, 0.05) is 12.4 Å². The third-order valence-corrected chi connectivity index (χ3v) is 3.62. The van der Waals surface area contributed by atoms with Gasteiger partial charge in [0.05, 0.1) is 0 Å². The topological polar surface area (TPSA) is 12.9 Å². The summed E-state index contributed by atoms with van der Waals surface area (Å²) in [5.74, 6) is 2.12. The predicted octanol–water partition coefficient (Wildman–Crippen LogP) is 3.89. The van der Waals surface area contributed by atoms with E-state index >= 15 is 0 Å². The van der Waals surface area contributed by atoms with E-state index in [2.05, 4.69) is 45.1 Å². The molecule has 0 amide bonds. The first-order valence-corrected chi connectivity index (χ1v) is 6.08. The van der Waals surface area contributed by atoms with Crippen LogP contribution in [-0.2, 0) is 6.42 Å². The zero-order chi connectivity index (χ0) is 11.0. The van der Waals surface area contributed by atoms with Crippen LogP contribution in [0, 0.1) is 5.92 Å². The maximum atomic E-state index is 4.37. The smallest absolute Gasteiger partial charge is 0.0305 e. The van der Waals surface area contributed by atoms with Crippen molar-refractivity contribution in [3.63, 3.8) is 0 Å². The van der Waals surface area contributed by atoms with Gasteiger partial charge in [-0.3, -0.25) is 4.98 Å². The molecule has 1 aromatic rings. The number of hydrogen-bond acceptors (Lipinski definition) is 1. The molecule has 1 aromatic heterocycles. The highest BCUT2D eigenvalue weighted by Crippen LogP contribution is 2.41. The third kappa shape index (κ3) is 1.80. The van der Waals surface area contributed by atoms with Gasteiger partial charge in [0.25, 0.3) is 0 Å². The second-order valence-corrected chi connectivity index (χ2v) is 5.35. The SMILES string of the molecule is CC(C)c1cncc2c1C(C(C)C)CC2. The van der Waals surface area contributed by atoms with Crippen LogP contribution in [0.2, 0.25) is 0 Å². The van der Waals surface area contributed by atoms with E-state index in [1.807, 2.05) is 0 Å². The van der Waals surface area contributed by atoms with Crippen molar-refractivity contribution in [1.29, 1.82) is 0 Å². The van der Waals surface area contributed by atoms with Gasteiger partial charge in [-0.15, -0.1) is 0 Å². The molecule has 0 aromatic carbocycles. The molecule has 1 aliphatic rings. The molecule has 1 unspecified atom stereocenters. The fourth-order valence-corrected chi connectivity index (χ4v) is 2.77. The number of aryl methyl sites for hydroxylation is 1. The molecule has 0 aliphatic heterocycles. The Bertz CT molecular complexity index is 352. The summed E-state index contributed by atoms with van der Waals surface area (Å²) < 4.78 is 0. The van der Waals surface area contributed by atoms with Crippen LogP contribution in [0.5, 0.6) is 0 Å². The van der Waals surface area contributed by atoms with Gasteiger partial charge >= 0.3 is 0 Å². The highest BCUT2D eigenvalue weighted by molar-refractivity contribution is 5.40. The van der Waals surface area contributed by atoms with Crippen molar-refractivity contribution in [2.75, 3.05) is 0 Å². The molecule has 15 heavy (non-hydrogen) atoms. The summed E-state index contributed by atoms with van der Waals surface area (Å²) >= 11 is 0. The number of aromatic nitrogens is 1. The summed E-state index contributed by atoms with van der Waals surface area (Å²) in [7, 11) is 0. The van der Waals surface area contributed by atoms with Crippen LogP contribution in [0.1, 0.15) is 62.6 Å². The van der Waals surface area contributed by atoms with Crippen molar-refractivity contribution in [3.8, 4) is 0 Å². The number of fused-ring (bicyclic) bond motifs is 1. The number of pyridine rings is 1. The Morgan fingerprint density at radius 2 is 1.93 bits per heavy atom. The average Bonchev–Trinajstić information content (AvgIpc) is 2.60. The first-order chi connectivity index (χ1) is 7.11. The second kappa shape index (κ2) is 3.96. The minimum absolute atomic E-state index is 0.604. The van der Waals surface area contributed by atoms with Crippen LogP contribution in [0.25, 0.3) is 0 Å². The zero-order valence-electron chi connectivity index (χ0n) is 10.2. The van der Waals surface area contributed by atoms with Crippen molar-refractivity contribution >= 4 is 0 Å². The molecule has 1 nitrogen and oxygen atoms in total. The van der Waals surface area contributed by atoms with E-state index in [0.29, 0.717) is 5.92 Å². The Balaban J connectivity index is 2.48. The van der Waals surface area contributed by atoms with Crippen molar-refractivity contribution in [3.05, 3.63) is 29.1 Å². The molecule has 1 aliphatic carbocycles. The van der Waals surface area contributed by atoms with E-state index in [9.17, 15) is 0 Å². The van der Waals surface area contributed by atoms with Gasteiger partial charge in [-0.1, -0.05) is 27.7 Å². The molecule has 0 spiro atoms. The van der Waals surface area contributed by atoms with Crippen LogP contribution in [0.3, 0.4) is 0 Å². The lowest BCUT2D eigenvalue weighted by molar-refractivity contribution is 0.491. The molecule has 0 radical (unpaired) electrons. The van der Waals surface area contributed by atoms with E-state index in [1.165, 1.54) is 24.0 Å². The Morgan fingerprint density at radius 3 is 2.53 bits per heavy atom. The molecule has 1 atom stereocenters. The molecule has 1 heteroatoms. The Kier molecular flexibility index (Phi) is 2.81. The monoisotopic (exact) mass is 203 g/mol. The van der Waals surface area contributed by atoms with Crippen molar-refractivity contribution in [2.24, 2.45) is 5.92 Å². The lowest BCUT2D eigenvalue weighted by Gasteiger charge is -2.20. The number of hydrogen-bond donors (Lipinski definition) is 0. The summed E-state index contributed by atoms with van der Waals surface area (Å²) in [5.41, 5.74) is 4.60. The normalized spacial score (nSPS) is 20.0. The molecule has 1 heterocycles. The van der Waals surface area contributed by atoms with Crippen LogP contribution in [0.15, 0.2) is 12.4 Å². The predicted molar refractivity (Wildman–Crippen MR) is 64.2 cm³/mol. The molecule has 0 saturated heterocycles. The maximum Gasteiger partial charge on any atom is 0.0305 e. The highest BCUT2D eigenvalue weighted by atomic mass is 14.6. The van der Waals surface area contributed by atoms with E-state index in [4.69, 9.17) is 0 Å². The fraction of sp³-hybridized carbons (Fsp3) is 0.643. The number of nitrogens with zero attached hydrogens (tertiary/aromatic N) is 1. The van der Waals surface area contributed by atoms with Gasteiger partial charge < -0.3 is 0 Å². The quantitative estimate of drug-likeness (QED) is 0.710. The molecular formula is C14H21N. The summed E-state index contributed by atoms with van der Waals surface area (Å²) in [6.07, 6.45) is 6.69. The van der Waals surface area contributed by atoms with Gasteiger partial charge in [-0.2, -0.15) is 0 Å². The fourth-order valence-electron chi connectivity index (χ4n) is 2.77. The molecular weight excluding hydrogens is 182 g/mol. The Morgan fingerprint density at radius 1 is 1.20 bits per heavy atom. The molecule has 0 bridgehead atoms. The minimum Gasteiger partial charge on any atom is -0.264 e. The Labute approximate surface area is 92.9 Å². The highest BCUT2D eigenvalue weighted by Gasteiger charge is 2.28. The molecule has 82 valence electrons. The first-order valence-electron chi connectivity index (χ1n) is 6.08. The van der Waals surface area contributed by atoms with E-state index in [0.717, 1.165) is 11.8 Å². The summed E-state index contributed by atoms with van der Waals surface area (Å²) in [6, 6.07) is 0. The minimum atomic E-state index is 0.604. The van der Waals surface area contributed by atoms with Gasteiger partial charge in [0.15, 0.2) is 0 Å². The summed E-state index contributed by atoms with van der Waals surface area (Å²) in [5, 5.41) is 0. The number of rotatable bonds is 2. The van der Waals surface area contributed by atoms with Gasteiger partial charge in [0.2, 0.25) is 0 Å². The molecule has 2 rings (SSSR count). The lowest BCUT2D eigenvalue weighted by Crippen LogP contribution is -2.07. The summed E-state index contributed by atoms with van der Waals surface area (Å²) in [4.78, 5) is 4.37. The standard InChI is InChI=1S/C14H21N/c1-9(2)12-6-5-11-7-15-8-13(10(3)4)14(11)12/h7-10,12H,5-6H2,1-4H3. The maximum absolute atomic E-state index is 4.37. The molecule has 0 saturated carbocycles. The second-order valence-electron chi connectivity index (χ2n) is 5.35. The van der Waals surface area contributed by atoms with E-state index in [1.54, 1.807) is 5.56 Å². The van der Waals surface area contributed by atoms with Crippen LogP contribution in [-0.4, -0.2) is 4.98 Å². The van der Waals surface area contributed by atoms with Crippen molar-refractivity contribution < 1.29 is 0 Å². The third-order valence-electron chi connectivity index (χ3n) is 3.62. The van der Waals surface area contributed by atoms with E-state index < -0.39 is 0 Å². The lowest BCUT2D eigenvalue weighted by atomic mass is 9.85. The van der Waals surface area contributed by atoms with E-state index in [-0.39, 0.29) is 0 Å². The molecule has 0 fully saturated rings. The van der Waals surface area contributed by atoms with Crippen molar-refractivity contribution in [2.45, 2.75) is 52.4 Å².